The van der Waals surface area contributed by atoms with Crippen LogP contribution in [-0.2, 0) is 20.7 Å². The van der Waals surface area contributed by atoms with Gasteiger partial charge in [-0.1, -0.05) is 24.3 Å². The Bertz CT molecular complexity index is 727. The van der Waals surface area contributed by atoms with Gasteiger partial charge in [0.1, 0.15) is 12.1 Å². The third kappa shape index (κ3) is 2.78. The van der Waals surface area contributed by atoms with E-state index in [-0.39, 0.29) is 31.0 Å². The minimum atomic E-state index is -0.977. The van der Waals surface area contributed by atoms with E-state index in [0.717, 1.165) is 29.7 Å². The molecule has 4 amide bonds. The van der Waals surface area contributed by atoms with E-state index >= 15 is 0 Å². The molecule has 0 aromatic heterocycles. The number of nitrogens with zero attached hydrogens (tertiary/aromatic N) is 1. The summed E-state index contributed by atoms with van der Waals surface area (Å²) in [5, 5.41) is 5.66. The van der Waals surface area contributed by atoms with Crippen LogP contribution in [0.2, 0.25) is 0 Å². The fourth-order valence-corrected chi connectivity index (χ4v) is 3.94. The van der Waals surface area contributed by atoms with Gasteiger partial charge in [0.2, 0.25) is 5.91 Å². The Morgan fingerprint density at radius 2 is 2.20 bits per heavy atom. The largest absolute Gasteiger partial charge is 0.378 e. The molecule has 2 atom stereocenters. The van der Waals surface area contributed by atoms with Crippen molar-refractivity contribution in [2.45, 2.75) is 37.3 Å². The lowest BCUT2D eigenvalue weighted by Crippen LogP contribution is -2.48. The van der Waals surface area contributed by atoms with E-state index in [2.05, 4.69) is 16.7 Å². The highest BCUT2D eigenvalue weighted by atomic mass is 16.5. The summed E-state index contributed by atoms with van der Waals surface area (Å²) in [4.78, 5) is 38.1. The molecule has 2 aliphatic heterocycles. The lowest BCUT2D eigenvalue weighted by atomic mass is 9.88. The number of amides is 4. The zero-order chi connectivity index (χ0) is 17.4. The van der Waals surface area contributed by atoms with Crippen molar-refractivity contribution in [2.75, 3.05) is 19.8 Å². The van der Waals surface area contributed by atoms with Crippen LogP contribution >= 0.6 is 0 Å². The molecule has 2 fully saturated rings. The van der Waals surface area contributed by atoms with E-state index in [0.29, 0.717) is 13.0 Å². The maximum atomic E-state index is 12.5. The molecule has 0 bridgehead atoms. The highest BCUT2D eigenvalue weighted by Crippen LogP contribution is 2.30. The van der Waals surface area contributed by atoms with Crippen LogP contribution in [0.1, 0.15) is 36.4 Å². The summed E-state index contributed by atoms with van der Waals surface area (Å²) >= 11 is 0. The molecule has 1 aliphatic carbocycles. The van der Waals surface area contributed by atoms with Crippen molar-refractivity contribution >= 4 is 17.8 Å². The molecule has 1 spiro atoms. The first-order chi connectivity index (χ1) is 12.1. The van der Waals surface area contributed by atoms with Gasteiger partial charge >= 0.3 is 6.03 Å². The van der Waals surface area contributed by atoms with Crippen LogP contribution in [0.15, 0.2) is 24.3 Å². The molecule has 0 saturated carbocycles. The summed E-state index contributed by atoms with van der Waals surface area (Å²) in [6.45, 7) is 0.349. The third-order valence-corrected chi connectivity index (χ3v) is 5.27. The first-order valence-electron chi connectivity index (χ1n) is 8.68. The summed E-state index contributed by atoms with van der Waals surface area (Å²) in [5.74, 6) is -0.685. The molecule has 7 heteroatoms. The Hall–Kier alpha value is -2.41. The molecule has 1 aromatic rings. The monoisotopic (exact) mass is 343 g/mol. The average Bonchev–Trinajstić information content (AvgIpc) is 3.16. The Kier molecular flexibility index (Phi) is 3.95. The van der Waals surface area contributed by atoms with E-state index in [1.165, 1.54) is 5.56 Å². The van der Waals surface area contributed by atoms with Crippen molar-refractivity contribution in [2.24, 2.45) is 0 Å². The van der Waals surface area contributed by atoms with Crippen molar-refractivity contribution in [3.05, 3.63) is 35.4 Å². The number of imide groups is 1. The summed E-state index contributed by atoms with van der Waals surface area (Å²) < 4.78 is 5.25. The fourth-order valence-electron chi connectivity index (χ4n) is 3.94. The number of hydrogen-bond acceptors (Lipinski definition) is 4. The lowest BCUT2D eigenvalue weighted by Gasteiger charge is -2.27. The quantitative estimate of drug-likeness (QED) is 0.798. The zero-order valence-electron chi connectivity index (χ0n) is 13.9. The zero-order valence-corrected chi connectivity index (χ0v) is 13.9. The van der Waals surface area contributed by atoms with E-state index < -0.39 is 11.6 Å². The molecule has 2 N–H and O–H groups in total. The fraction of sp³-hybridized carbons (Fsp3) is 0.500. The highest BCUT2D eigenvalue weighted by molar-refractivity contribution is 6.09. The minimum absolute atomic E-state index is 0.0676. The van der Waals surface area contributed by atoms with E-state index in [1.54, 1.807) is 0 Å². The van der Waals surface area contributed by atoms with Crippen LogP contribution < -0.4 is 10.6 Å². The molecule has 2 heterocycles. The van der Waals surface area contributed by atoms with Crippen molar-refractivity contribution in [3.63, 3.8) is 0 Å². The number of nitrogens with one attached hydrogen (secondary N) is 2. The van der Waals surface area contributed by atoms with Gasteiger partial charge in [-0.15, -0.1) is 0 Å². The van der Waals surface area contributed by atoms with Crippen molar-refractivity contribution < 1.29 is 19.1 Å². The molecule has 0 unspecified atom stereocenters. The van der Waals surface area contributed by atoms with Gasteiger partial charge in [-0.3, -0.25) is 14.5 Å². The molecule has 3 aliphatic rings. The number of benzene rings is 1. The molecular weight excluding hydrogens is 322 g/mol. The van der Waals surface area contributed by atoms with Gasteiger partial charge in [0, 0.05) is 13.0 Å². The van der Waals surface area contributed by atoms with Crippen LogP contribution in [0.4, 0.5) is 4.79 Å². The van der Waals surface area contributed by atoms with Gasteiger partial charge in [-0.2, -0.15) is 0 Å². The molecule has 0 radical (unpaired) electrons. The number of hydrogen-bond donors (Lipinski definition) is 2. The molecule has 25 heavy (non-hydrogen) atoms. The van der Waals surface area contributed by atoms with Gasteiger partial charge in [-0.05, 0) is 30.4 Å². The predicted octanol–water partition coefficient (Wildman–Crippen LogP) is 0.891. The summed E-state index contributed by atoms with van der Waals surface area (Å²) in [6, 6.07) is 7.48. The number of rotatable bonds is 3. The number of aryl methyl sites for hydroxylation is 1. The Labute approximate surface area is 145 Å². The molecule has 132 valence electrons. The Balaban J connectivity index is 1.43. The molecule has 7 nitrogen and oxygen atoms in total. The van der Waals surface area contributed by atoms with E-state index in [9.17, 15) is 14.4 Å². The number of fused-ring (bicyclic) bond motifs is 1. The van der Waals surface area contributed by atoms with Crippen LogP contribution in [0.5, 0.6) is 0 Å². The van der Waals surface area contributed by atoms with Gasteiger partial charge in [0.25, 0.3) is 5.91 Å². The second kappa shape index (κ2) is 6.15. The number of urea groups is 1. The normalized spacial score (nSPS) is 28.2. The predicted molar refractivity (Wildman–Crippen MR) is 88.7 cm³/mol. The summed E-state index contributed by atoms with van der Waals surface area (Å²) in [7, 11) is 0. The number of carbonyl (C=O) groups excluding carboxylic acids is 3. The van der Waals surface area contributed by atoms with Crippen LogP contribution in [-0.4, -0.2) is 48.0 Å². The second-order valence-electron chi connectivity index (χ2n) is 6.92. The van der Waals surface area contributed by atoms with Gasteiger partial charge in [0.05, 0.1) is 12.6 Å². The van der Waals surface area contributed by atoms with E-state index in [4.69, 9.17) is 4.74 Å². The topological polar surface area (TPSA) is 87.7 Å². The maximum absolute atomic E-state index is 12.5. The van der Waals surface area contributed by atoms with Crippen LogP contribution in [0.3, 0.4) is 0 Å². The standard InChI is InChI=1S/C18H21N3O4/c22-15(19-14-7-3-5-12-4-1-2-6-13(12)14)10-21-16(23)18(20-17(21)24)8-9-25-11-18/h1-2,4,6,14H,3,5,7-11H2,(H,19,22)(H,20,24)/t14-,18-/m0/s1. The first kappa shape index (κ1) is 16.1. The molecular formula is C18H21N3O4. The summed E-state index contributed by atoms with van der Waals surface area (Å²) in [5.41, 5.74) is 1.39. The maximum Gasteiger partial charge on any atom is 0.325 e. The molecule has 2 saturated heterocycles. The minimum Gasteiger partial charge on any atom is -0.378 e. The van der Waals surface area contributed by atoms with Crippen LogP contribution in [0.25, 0.3) is 0 Å². The lowest BCUT2D eigenvalue weighted by molar-refractivity contribution is -0.135. The molecule has 4 rings (SSSR count). The number of carbonyl (C=O) groups is 3. The van der Waals surface area contributed by atoms with Crippen molar-refractivity contribution in [3.8, 4) is 0 Å². The third-order valence-electron chi connectivity index (χ3n) is 5.27. The second-order valence-corrected chi connectivity index (χ2v) is 6.92. The van der Waals surface area contributed by atoms with Crippen LogP contribution in [0, 0.1) is 0 Å². The first-order valence-corrected chi connectivity index (χ1v) is 8.68. The Morgan fingerprint density at radius 3 is 3.00 bits per heavy atom. The smallest absolute Gasteiger partial charge is 0.325 e. The molecule has 1 aromatic carbocycles. The summed E-state index contributed by atoms with van der Waals surface area (Å²) in [6.07, 6.45) is 3.33. The number of ether oxygens (including phenoxy) is 1. The van der Waals surface area contributed by atoms with Gasteiger partial charge < -0.3 is 15.4 Å². The van der Waals surface area contributed by atoms with Crippen molar-refractivity contribution in [1.29, 1.82) is 0 Å². The van der Waals surface area contributed by atoms with Gasteiger partial charge in [0.15, 0.2) is 0 Å². The Morgan fingerprint density at radius 1 is 1.36 bits per heavy atom. The van der Waals surface area contributed by atoms with Gasteiger partial charge in [-0.25, -0.2) is 4.79 Å². The SMILES string of the molecule is O=C(CN1C(=O)N[C@]2(CCOC2)C1=O)N[C@H]1CCCc2ccccc21. The van der Waals surface area contributed by atoms with E-state index in [1.807, 2.05) is 18.2 Å². The average molecular weight is 343 g/mol. The highest BCUT2D eigenvalue weighted by Gasteiger charge is 2.53. The van der Waals surface area contributed by atoms with Crippen molar-refractivity contribution in [1.82, 2.24) is 15.5 Å².